The van der Waals surface area contributed by atoms with Crippen LogP contribution in [0.4, 0.5) is 10.5 Å². The Balaban J connectivity index is 1.26. The Kier molecular flexibility index (Phi) is 6.94. The van der Waals surface area contributed by atoms with E-state index in [0.29, 0.717) is 36.5 Å². The van der Waals surface area contributed by atoms with Crippen LogP contribution in [-0.4, -0.2) is 46.7 Å². The van der Waals surface area contributed by atoms with Gasteiger partial charge in [-0.3, -0.25) is 0 Å². The van der Waals surface area contributed by atoms with Gasteiger partial charge in [-0.1, -0.05) is 0 Å². The maximum absolute atomic E-state index is 12.5. The minimum Gasteiger partial charge on any atom is -0.467 e. The highest BCUT2D eigenvalue weighted by molar-refractivity contribution is 7.80. The SMILES string of the molecule is CCOC(=O)c1ccc(NC(=O)NC2C[C@@H]3CC[C@@H](C2)N3C(=S)NCc2ccco2)cc1. The maximum Gasteiger partial charge on any atom is 0.338 e. The number of nitrogens with one attached hydrogen (secondary N) is 3. The number of rotatable bonds is 6. The number of piperidine rings is 1. The van der Waals surface area contributed by atoms with E-state index in [-0.39, 0.29) is 18.0 Å². The van der Waals surface area contributed by atoms with Crippen LogP contribution in [-0.2, 0) is 11.3 Å². The van der Waals surface area contributed by atoms with E-state index in [0.717, 1.165) is 36.6 Å². The molecule has 170 valence electrons. The number of nitrogens with zero attached hydrogens (tertiary/aromatic N) is 1. The van der Waals surface area contributed by atoms with Crippen LogP contribution in [0.25, 0.3) is 0 Å². The third-order valence-corrected chi connectivity index (χ3v) is 6.31. The van der Waals surface area contributed by atoms with Crippen molar-refractivity contribution in [1.82, 2.24) is 15.5 Å². The number of furan rings is 1. The predicted octanol–water partition coefficient (Wildman–Crippen LogP) is 3.65. The largest absolute Gasteiger partial charge is 0.467 e. The Morgan fingerprint density at radius 3 is 2.50 bits per heavy atom. The third kappa shape index (κ3) is 5.21. The molecule has 2 aliphatic heterocycles. The fourth-order valence-corrected chi connectivity index (χ4v) is 4.92. The van der Waals surface area contributed by atoms with E-state index in [1.54, 1.807) is 37.5 Å². The number of carbonyl (C=O) groups is 2. The topological polar surface area (TPSA) is 95.8 Å². The first kappa shape index (κ1) is 22.1. The second-order valence-electron chi connectivity index (χ2n) is 8.09. The van der Waals surface area contributed by atoms with E-state index < -0.39 is 0 Å². The normalized spacial score (nSPS) is 21.7. The van der Waals surface area contributed by atoms with Crippen molar-refractivity contribution in [1.29, 1.82) is 0 Å². The molecule has 0 radical (unpaired) electrons. The summed E-state index contributed by atoms with van der Waals surface area (Å²) < 4.78 is 10.3. The molecule has 2 saturated heterocycles. The summed E-state index contributed by atoms with van der Waals surface area (Å²) in [7, 11) is 0. The number of carbonyl (C=O) groups excluding carboxylic acids is 2. The average Bonchev–Trinajstić information content (AvgIpc) is 3.39. The Labute approximate surface area is 192 Å². The van der Waals surface area contributed by atoms with Crippen molar-refractivity contribution >= 4 is 35.0 Å². The van der Waals surface area contributed by atoms with Crippen molar-refractivity contribution in [3.8, 4) is 0 Å². The van der Waals surface area contributed by atoms with Gasteiger partial charge in [0.15, 0.2) is 5.11 Å². The summed E-state index contributed by atoms with van der Waals surface area (Å²) in [4.78, 5) is 26.5. The number of thiocarbonyl (C=S) groups is 1. The van der Waals surface area contributed by atoms with E-state index >= 15 is 0 Å². The Bertz CT molecular complexity index is 933. The highest BCUT2D eigenvalue weighted by Gasteiger charge is 2.42. The number of anilines is 1. The van der Waals surface area contributed by atoms with Gasteiger partial charge in [0.2, 0.25) is 0 Å². The van der Waals surface area contributed by atoms with Crippen LogP contribution < -0.4 is 16.0 Å². The number of amides is 2. The van der Waals surface area contributed by atoms with Crippen LogP contribution >= 0.6 is 12.2 Å². The predicted molar refractivity (Wildman–Crippen MR) is 124 cm³/mol. The van der Waals surface area contributed by atoms with E-state index in [9.17, 15) is 9.59 Å². The monoisotopic (exact) mass is 456 g/mol. The van der Waals surface area contributed by atoms with Gasteiger partial charge in [0.1, 0.15) is 5.76 Å². The first-order valence-corrected chi connectivity index (χ1v) is 11.4. The van der Waals surface area contributed by atoms with Crippen molar-refractivity contribution in [2.45, 2.75) is 57.3 Å². The second kappa shape index (κ2) is 10.0. The fourth-order valence-electron chi connectivity index (χ4n) is 4.55. The van der Waals surface area contributed by atoms with Crippen molar-refractivity contribution in [3.63, 3.8) is 0 Å². The zero-order valence-corrected chi connectivity index (χ0v) is 18.8. The molecule has 1 aromatic carbocycles. The lowest BCUT2D eigenvalue weighted by atomic mass is 9.98. The molecule has 2 bridgehead atoms. The molecular weight excluding hydrogens is 428 g/mol. The zero-order chi connectivity index (χ0) is 22.5. The molecule has 0 unspecified atom stereocenters. The van der Waals surface area contributed by atoms with Gasteiger partial charge in [-0.25, -0.2) is 9.59 Å². The van der Waals surface area contributed by atoms with Crippen molar-refractivity contribution in [2.75, 3.05) is 11.9 Å². The van der Waals surface area contributed by atoms with Crippen LogP contribution in [0, 0.1) is 0 Å². The summed E-state index contributed by atoms with van der Waals surface area (Å²) in [6.45, 7) is 2.66. The number of urea groups is 1. The molecule has 3 N–H and O–H groups in total. The molecule has 8 nitrogen and oxygen atoms in total. The lowest BCUT2D eigenvalue weighted by molar-refractivity contribution is 0.0526. The second-order valence-corrected chi connectivity index (χ2v) is 8.48. The molecule has 2 amide bonds. The number of hydrogen-bond donors (Lipinski definition) is 3. The highest BCUT2D eigenvalue weighted by Crippen LogP contribution is 2.36. The quantitative estimate of drug-likeness (QED) is 0.451. The van der Waals surface area contributed by atoms with Gasteiger partial charge < -0.3 is 30.0 Å². The fraction of sp³-hybridized carbons (Fsp3) is 0.435. The zero-order valence-electron chi connectivity index (χ0n) is 18.0. The summed E-state index contributed by atoms with van der Waals surface area (Å²) in [6.07, 6.45) is 5.51. The van der Waals surface area contributed by atoms with Crippen LogP contribution in [0.15, 0.2) is 47.1 Å². The van der Waals surface area contributed by atoms with Crippen molar-refractivity contribution in [3.05, 3.63) is 54.0 Å². The molecule has 0 aliphatic carbocycles. The van der Waals surface area contributed by atoms with Crippen LogP contribution in [0.1, 0.15) is 48.7 Å². The van der Waals surface area contributed by atoms with E-state index in [1.165, 1.54) is 0 Å². The molecule has 1 aromatic heterocycles. The smallest absolute Gasteiger partial charge is 0.338 e. The van der Waals surface area contributed by atoms with Gasteiger partial charge in [0.05, 0.1) is 25.0 Å². The van der Waals surface area contributed by atoms with E-state index in [2.05, 4.69) is 20.9 Å². The molecule has 0 saturated carbocycles. The Hall–Kier alpha value is -3.07. The summed E-state index contributed by atoms with van der Waals surface area (Å²) >= 11 is 5.64. The molecule has 2 atom stereocenters. The standard InChI is InChI=1S/C23H28N4O4S/c1-2-30-21(28)15-5-7-16(8-6-15)25-22(29)26-17-12-18-9-10-19(13-17)27(18)23(32)24-14-20-4-3-11-31-20/h3-8,11,17-19H,2,9-10,12-14H2,1H3,(H,24,32)(H2,25,26,29)/t18-,19-/m0/s1. The molecule has 2 aromatic rings. The third-order valence-electron chi connectivity index (χ3n) is 5.95. The first-order chi connectivity index (χ1) is 15.5. The molecule has 4 rings (SSSR count). The molecule has 0 spiro atoms. The molecule has 2 fully saturated rings. The van der Waals surface area contributed by atoms with Gasteiger partial charge in [-0.15, -0.1) is 0 Å². The number of benzene rings is 1. The lowest BCUT2D eigenvalue weighted by Crippen LogP contribution is -2.55. The summed E-state index contributed by atoms with van der Waals surface area (Å²) in [5.41, 5.74) is 1.08. The van der Waals surface area contributed by atoms with Crippen LogP contribution in [0.3, 0.4) is 0 Å². The summed E-state index contributed by atoms with van der Waals surface area (Å²) in [6, 6.07) is 10.9. The number of hydrogen-bond acceptors (Lipinski definition) is 5. The van der Waals surface area contributed by atoms with Gasteiger partial charge in [0, 0.05) is 23.8 Å². The van der Waals surface area contributed by atoms with Gasteiger partial charge >= 0.3 is 12.0 Å². The minimum atomic E-state index is -0.373. The molecular formula is C23H28N4O4S. The molecule has 2 aliphatic rings. The first-order valence-electron chi connectivity index (χ1n) is 11.0. The Morgan fingerprint density at radius 1 is 1.16 bits per heavy atom. The summed E-state index contributed by atoms with van der Waals surface area (Å²) in [5, 5.41) is 9.98. The number of ether oxygens (including phenoxy) is 1. The van der Waals surface area contributed by atoms with Crippen LogP contribution in [0.5, 0.6) is 0 Å². The van der Waals surface area contributed by atoms with Crippen molar-refractivity contribution in [2.24, 2.45) is 0 Å². The molecule has 32 heavy (non-hydrogen) atoms. The van der Waals surface area contributed by atoms with Crippen molar-refractivity contribution < 1.29 is 18.7 Å². The lowest BCUT2D eigenvalue weighted by Gasteiger charge is -2.40. The van der Waals surface area contributed by atoms with E-state index in [1.807, 2.05) is 12.1 Å². The number of fused-ring (bicyclic) bond motifs is 2. The average molecular weight is 457 g/mol. The van der Waals surface area contributed by atoms with E-state index in [4.69, 9.17) is 21.4 Å². The van der Waals surface area contributed by atoms with Crippen LogP contribution in [0.2, 0.25) is 0 Å². The highest BCUT2D eigenvalue weighted by atomic mass is 32.1. The summed E-state index contributed by atoms with van der Waals surface area (Å²) in [5.74, 6) is 0.477. The molecule has 9 heteroatoms. The van der Waals surface area contributed by atoms with Gasteiger partial charge in [-0.05, 0) is 81.2 Å². The number of esters is 1. The minimum absolute atomic E-state index is 0.0930. The Morgan fingerprint density at radius 2 is 1.88 bits per heavy atom. The van der Waals surface area contributed by atoms with Gasteiger partial charge in [0.25, 0.3) is 0 Å². The van der Waals surface area contributed by atoms with Gasteiger partial charge in [-0.2, -0.15) is 0 Å². The maximum atomic E-state index is 12.5. The molecule has 3 heterocycles.